The summed E-state index contributed by atoms with van der Waals surface area (Å²) in [7, 11) is 0. The quantitative estimate of drug-likeness (QED) is 0.518. The minimum absolute atomic E-state index is 0.419. The lowest BCUT2D eigenvalue weighted by molar-refractivity contribution is -0.232. The standard InChI is InChI=1S/C24H29ClO7/c1-2-13-3-5-14(6-4-13)9-15-10-16(17(11-18(15)25)24-30-7-8-31-24)23-22(29)21(28)20(27)19(12-26)32-23/h3-6,10-11,19-24,26-29H,2,7-9,12H2,1H3/t19-,20-,21+,22-,23+/m1/s1. The molecule has 5 atom stereocenters. The van der Waals surface area contributed by atoms with Crippen molar-refractivity contribution in [3.05, 3.63) is 69.2 Å². The molecule has 2 aromatic carbocycles. The lowest BCUT2D eigenvalue weighted by atomic mass is 9.87. The fourth-order valence-corrected chi connectivity index (χ4v) is 4.49. The van der Waals surface area contributed by atoms with E-state index in [1.165, 1.54) is 5.56 Å². The average molecular weight is 465 g/mol. The van der Waals surface area contributed by atoms with Gasteiger partial charge in [0.2, 0.25) is 0 Å². The maximum absolute atomic E-state index is 10.7. The molecule has 174 valence electrons. The lowest BCUT2D eigenvalue weighted by Gasteiger charge is -2.41. The number of rotatable bonds is 6. The number of benzene rings is 2. The van der Waals surface area contributed by atoms with Crippen molar-refractivity contribution in [3.63, 3.8) is 0 Å². The summed E-state index contributed by atoms with van der Waals surface area (Å²) in [5.41, 5.74) is 4.25. The van der Waals surface area contributed by atoms with Crippen molar-refractivity contribution in [2.75, 3.05) is 19.8 Å². The van der Waals surface area contributed by atoms with E-state index >= 15 is 0 Å². The summed E-state index contributed by atoms with van der Waals surface area (Å²) in [4.78, 5) is 0. The molecule has 0 amide bonds. The molecule has 2 heterocycles. The van der Waals surface area contributed by atoms with Crippen molar-refractivity contribution in [1.82, 2.24) is 0 Å². The van der Waals surface area contributed by atoms with Crippen LogP contribution in [0.15, 0.2) is 36.4 Å². The molecule has 4 N–H and O–H groups in total. The highest BCUT2D eigenvalue weighted by Crippen LogP contribution is 2.40. The first-order valence-electron chi connectivity index (χ1n) is 10.9. The SMILES string of the molecule is CCc1ccc(Cc2cc([C@@H]3O[C@H](CO)[C@@H](O)[C@H](O)[C@H]3O)c(C3OCCO3)cc2Cl)cc1. The largest absolute Gasteiger partial charge is 0.394 e. The van der Waals surface area contributed by atoms with Crippen LogP contribution < -0.4 is 0 Å². The Labute approximate surface area is 192 Å². The molecule has 0 radical (unpaired) electrons. The Bertz CT molecular complexity index is 911. The van der Waals surface area contributed by atoms with Gasteiger partial charge in [0.05, 0.1) is 19.8 Å². The zero-order valence-electron chi connectivity index (χ0n) is 17.9. The molecule has 2 aliphatic heterocycles. The number of halogens is 1. The summed E-state index contributed by atoms with van der Waals surface area (Å²) < 4.78 is 17.2. The van der Waals surface area contributed by atoms with Gasteiger partial charge in [0.1, 0.15) is 30.5 Å². The molecule has 0 unspecified atom stereocenters. The second-order valence-electron chi connectivity index (χ2n) is 8.24. The van der Waals surface area contributed by atoms with Crippen molar-refractivity contribution in [1.29, 1.82) is 0 Å². The molecule has 8 heteroatoms. The molecule has 0 spiro atoms. The van der Waals surface area contributed by atoms with Gasteiger partial charge in [-0.1, -0.05) is 48.9 Å². The van der Waals surface area contributed by atoms with Gasteiger partial charge in [0.25, 0.3) is 0 Å². The Morgan fingerprint density at radius 3 is 2.19 bits per heavy atom. The van der Waals surface area contributed by atoms with Crippen molar-refractivity contribution in [2.45, 2.75) is 56.6 Å². The first-order valence-corrected chi connectivity index (χ1v) is 11.2. The summed E-state index contributed by atoms with van der Waals surface area (Å²) in [6, 6.07) is 11.8. The van der Waals surface area contributed by atoms with Crippen molar-refractivity contribution < 1.29 is 34.6 Å². The molecule has 32 heavy (non-hydrogen) atoms. The monoisotopic (exact) mass is 464 g/mol. The number of aliphatic hydroxyl groups is 4. The summed E-state index contributed by atoms with van der Waals surface area (Å²) >= 11 is 6.63. The van der Waals surface area contributed by atoms with E-state index in [-0.39, 0.29) is 0 Å². The van der Waals surface area contributed by atoms with Crippen LogP contribution in [0.3, 0.4) is 0 Å². The number of hydrogen-bond donors (Lipinski definition) is 4. The van der Waals surface area contributed by atoms with Crippen LogP contribution in [-0.4, -0.2) is 64.7 Å². The molecular formula is C24H29ClO7. The van der Waals surface area contributed by atoms with E-state index in [2.05, 4.69) is 31.2 Å². The average Bonchev–Trinajstić information content (AvgIpc) is 3.34. The van der Waals surface area contributed by atoms with Crippen molar-refractivity contribution >= 4 is 11.6 Å². The normalized spacial score (nSPS) is 28.9. The molecule has 2 saturated heterocycles. The van der Waals surface area contributed by atoms with E-state index in [1.54, 1.807) is 6.07 Å². The van der Waals surface area contributed by atoms with Crippen LogP contribution in [0.2, 0.25) is 5.02 Å². The predicted octanol–water partition coefficient (Wildman–Crippen LogP) is 2.05. The third-order valence-corrected chi connectivity index (χ3v) is 6.50. The van der Waals surface area contributed by atoms with Crippen molar-refractivity contribution in [2.24, 2.45) is 0 Å². The second kappa shape index (κ2) is 10.2. The van der Waals surface area contributed by atoms with Crippen LogP contribution in [0.4, 0.5) is 0 Å². The molecular weight excluding hydrogens is 436 g/mol. The topological polar surface area (TPSA) is 109 Å². The minimum atomic E-state index is -1.48. The molecule has 4 rings (SSSR count). The lowest BCUT2D eigenvalue weighted by Crippen LogP contribution is -2.55. The van der Waals surface area contributed by atoms with Crippen LogP contribution in [0.5, 0.6) is 0 Å². The van der Waals surface area contributed by atoms with E-state index < -0.39 is 43.4 Å². The van der Waals surface area contributed by atoms with Gasteiger partial charge >= 0.3 is 0 Å². The molecule has 0 aliphatic carbocycles. The van der Waals surface area contributed by atoms with Crippen LogP contribution in [0.1, 0.15) is 47.1 Å². The van der Waals surface area contributed by atoms with Gasteiger partial charge in [-0.3, -0.25) is 0 Å². The summed E-state index contributed by atoms with van der Waals surface area (Å²) in [6.07, 6.45) is -5.52. The fourth-order valence-electron chi connectivity index (χ4n) is 4.25. The van der Waals surface area contributed by atoms with E-state index in [9.17, 15) is 20.4 Å². The van der Waals surface area contributed by atoms with Gasteiger partial charge < -0.3 is 34.6 Å². The predicted molar refractivity (Wildman–Crippen MR) is 117 cm³/mol. The zero-order valence-corrected chi connectivity index (χ0v) is 18.6. The molecule has 0 saturated carbocycles. The van der Waals surface area contributed by atoms with Gasteiger partial charge in [-0.2, -0.15) is 0 Å². The summed E-state index contributed by atoms with van der Waals surface area (Å²) in [5, 5.41) is 41.3. The molecule has 7 nitrogen and oxygen atoms in total. The first-order chi connectivity index (χ1) is 15.4. The molecule has 0 aromatic heterocycles. The van der Waals surface area contributed by atoms with Gasteiger partial charge in [-0.25, -0.2) is 0 Å². The Hall–Kier alpha value is -1.55. The summed E-state index contributed by atoms with van der Waals surface area (Å²) in [6.45, 7) is 2.44. The zero-order chi connectivity index (χ0) is 22.8. The van der Waals surface area contributed by atoms with E-state index in [0.29, 0.717) is 35.8 Å². The fraction of sp³-hybridized carbons (Fsp3) is 0.500. The highest BCUT2D eigenvalue weighted by atomic mass is 35.5. The first kappa shape index (κ1) is 23.6. The Kier molecular flexibility index (Phi) is 7.49. The second-order valence-corrected chi connectivity index (χ2v) is 8.65. The Morgan fingerprint density at radius 2 is 1.56 bits per heavy atom. The number of hydrogen-bond acceptors (Lipinski definition) is 7. The molecule has 2 aliphatic rings. The number of aryl methyl sites for hydroxylation is 1. The minimum Gasteiger partial charge on any atom is -0.394 e. The summed E-state index contributed by atoms with van der Waals surface area (Å²) in [5.74, 6) is 0. The van der Waals surface area contributed by atoms with Gasteiger partial charge in [0, 0.05) is 10.6 Å². The maximum atomic E-state index is 10.7. The molecule has 2 aromatic rings. The molecule has 2 fully saturated rings. The third-order valence-electron chi connectivity index (χ3n) is 6.15. The van der Waals surface area contributed by atoms with Gasteiger partial charge in [0.15, 0.2) is 6.29 Å². The van der Waals surface area contributed by atoms with Crippen molar-refractivity contribution in [3.8, 4) is 0 Å². The highest BCUT2D eigenvalue weighted by molar-refractivity contribution is 6.31. The van der Waals surface area contributed by atoms with E-state index in [0.717, 1.165) is 17.5 Å². The van der Waals surface area contributed by atoms with E-state index in [4.69, 9.17) is 25.8 Å². The van der Waals surface area contributed by atoms with Crippen LogP contribution >= 0.6 is 11.6 Å². The van der Waals surface area contributed by atoms with Gasteiger partial charge in [-0.15, -0.1) is 0 Å². The van der Waals surface area contributed by atoms with E-state index in [1.807, 2.05) is 6.07 Å². The molecule has 0 bridgehead atoms. The Morgan fingerprint density at radius 1 is 0.906 bits per heavy atom. The number of ether oxygens (including phenoxy) is 3. The van der Waals surface area contributed by atoms with Crippen LogP contribution in [0, 0.1) is 0 Å². The van der Waals surface area contributed by atoms with Gasteiger partial charge in [-0.05, 0) is 41.2 Å². The third kappa shape index (κ3) is 4.71. The maximum Gasteiger partial charge on any atom is 0.184 e. The smallest absolute Gasteiger partial charge is 0.184 e. The van der Waals surface area contributed by atoms with Crippen LogP contribution in [-0.2, 0) is 27.1 Å². The number of aliphatic hydroxyl groups excluding tert-OH is 4. The van der Waals surface area contributed by atoms with Crippen LogP contribution in [0.25, 0.3) is 0 Å². The Balaban J connectivity index is 1.73. The highest BCUT2D eigenvalue weighted by Gasteiger charge is 2.45.